The molecule has 0 amide bonds. The molecule has 0 saturated carbocycles. The van der Waals surface area contributed by atoms with Crippen LogP contribution in [0.3, 0.4) is 0 Å². The minimum Gasteiger partial charge on any atom is -0.312 e. The molecule has 1 aromatic carbocycles. The van der Waals surface area contributed by atoms with Gasteiger partial charge in [0.1, 0.15) is 0 Å². The summed E-state index contributed by atoms with van der Waals surface area (Å²) in [5.41, 5.74) is 0.630. The molecule has 2 aromatic rings. The molecule has 0 atom stereocenters. The van der Waals surface area contributed by atoms with Crippen molar-refractivity contribution in [2.45, 2.75) is 11.8 Å². The number of rotatable bonds is 3. The summed E-state index contributed by atoms with van der Waals surface area (Å²) in [7, 11) is -3.70. The molecular formula is C9H9NO4S2. The molecule has 16 heavy (non-hydrogen) atoms. The van der Waals surface area contributed by atoms with Crippen molar-refractivity contribution in [3.63, 3.8) is 0 Å². The maximum atomic E-state index is 11.6. The van der Waals surface area contributed by atoms with Gasteiger partial charge in [0, 0.05) is 0 Å². The quantitative estimate of drug-likeness (QED) is 0.843. The number of aromatic nitrogens is 1. The molecular weight excluding hydrogens is 250 g/mol. The molecule has 0 bridgehead atoms. The molecule has 0 aliphatic heterocycles. The largest absolute Gasteiger partial charge is 0.312 e. The van der Waals surface area contributed by atoms with Crippen LogP contribution >= 0.6 is 11.3 Å². The fraction of sp³-hybridized carbons (Fsp3) is 0.222. The van der Waals surface area contributed by atoms with Crippen molar-refractivity contribution in [2.75, 3.05) is 6.61 Å². The number of nitrogens with one attached hydrogen (secondary N) is 1. The topological polar surface area (TPSA) is 76.2 Å². The lowest BCUT2D eigenvalue weighted by molar-refractivity contribution is 0.338. The predicted molar refractivity (Wildman–Crippen MR) is 61.3 cm³/mol. The fourth-order valence-corrected chi connectivity index (χ4v) is 3.10. The summed E-state index contributed by atoms with van der Waals surface area (Å²) >= 11 is 0.969. The third kappa shape index (κ3) is 2.01. The number of benzene rings is 1. The third-order valence-electron chi connectivity index (χ3n) is 1.95. The van der Waals surface area contributed by atoms with Crippen molar-refractivity contribution >= 4 is 31.7 Å². The molecule has 7 heteroatoms. The first-order chi connectivity index (χ1) is 7.53. The van der Waals surface area contributed by atoms with Crippen LogP contribution in [0.5, 0.6) is 0 Å². The fourth-order valence-electron chi connectivity index (χ4n) is 1.30. The first-order valence-electron chi connectivity index (χ1n) is 4.55. The van der Waals surface area contributed by atoms with Crippen molar-refractivity contribution in [2.24, 2.45) is 0 Å². The van der Waals surface area contributed by atoms with E-state index in [4.69, 9.17) is 0 Å². The summed E-state index contributed by atoms with van der Waals surface area (Å²) in [6.45, 7) is 1.69. The highest BCUT2D eigenvalue weighted by Crippen LogP contribution is 2.20. The molecule has 0 aliphatic carbocycles. The standard InChI is InChI=1S/C9H9NO4S2/c1-2-14-16(12,13)6-3-4-7-8(5-6)15-9(11)10-7/h3-5H,2H2,1H3,(H,10,11). The van der Waals surface area contributed by atoms with Gasteiger partial charge in [0.25, 0.3) is 10.1 Å². The van der Waals surface area contributed by atoms with Gasteiger partial charge in [0.15, 0.2) is 0 Å². The maximum absolute atomic E-state index is 11.6. The van der Waals surface area contributed by atoms with Crippen LogP contribution in [-0.4, -0.2) is 20.0 Å². The zero-order chi connectivity index (χ0) is 11.8. The highest BCUT2D eigenvalue weighted by molar-refractivity contribution is 7.86. The van der Waals surface area contributed by atoms with E-state index in [1.54, 1.807) is 13.0 Å². The van der Waals surface area contributed by atoms with Crippen LogP contribution in [0.15, 0.2) is 27.9 Å². The normalized spacial score (nSPS) is 12.1. The Labute approximate surface area is 95.8 Å². The summed E-state index contributed by atoms with van der Waals surface area (Å²) in [5.74, 6) is 0. The molecule has 5 nitrogen and oxygen atoms in total. The van der Waals surface area contributed by atoms with Crippen LogP contribution in [0, 0.1) is 0 Å². The van der Waals surface area contributed by atoms with Crippen LogP contribution in [-0.2, 0) is 14.3 Å². The number of fused-ring (bicyclic) bond motifs is 1. The average Bonchev–Trinajstić information content (AvgIpc) is 2.56. The second kappa shape index (κ2) is 4.00. The van der Waals surface area contributed by atoms with Gasteiger partial charge in [-0.15, -0.1) is 0 Å². The van der Waals surface area contributed by atoms with E-state index in [1.807, 2.05) is 0 Å². The van der Waals surface area contributed by atoms with Crippen LogP contribution in [0.25, 0.3) is 10.2 Å². The SMILES string of the molecule is CCOS(=O)(=O)c1ccc2[nH]c(=O)sc2c1. The van der Waals surface area contributed by atoms with E-state index in [2.05, 4.69) is 9.17 Å². The molecule has 1 aromatic heterocycles. The summed E-state index contributed by atoms with van der Waals surface area (Å²) in [4.78, 5) is 13.5. The monoisotopic (exact) mass is 259 g/mol. The van der Waals surface area contributed by atoms with Gasteiger partial charge in [-0.1, -0.05) is 11.3 Å². The molecule has 0 saturated heterocycles. The third-order valence-corrected chi connectivity index (χ3v) is 4.18. The van der Waals surface area contributed by atoms with Crippen LogP contribution in [0.2, 0.25) is 0 Å². The molecule has 0 spiro atoms. The first kappa shape index (κ1) is 11.3. The van der Waals surface area contributed by atoms with Gasteiger partial charge >= 0.3 is 4.87 Å². The molecule has 0 fully saturated rings. The van der Waals surface area contributed by atoms with Crippen molar-refractivity contribution < 1.29 is 12.6 Å². The molecule has 86 valence electrons. The molecule has 0 unspecified atom stereocenters. The van der Waals surface area contributed by atoms with Gasteiger partial charge in [0.05, 0.1) is 21.7 Å². The van der Waals surface area contributed by atoms with E-state index in [9.17, 15) is 13.2 Å². The lowest BCUT2D eigenvalue weighted by Gasteiger charge is -2.02. The summed E-state index contributed by atoms with van der Waals surface area (Å²) in [5, 5.41) is 0. The number of thiazole rings is 1. The van der Waals surface area contributed by atoms with Gasteiger partial charge in [-0.3, -0.25) is 8.98 Å². The van der Waals surface area contributed by atoms with E-state index in [-0.39, 0.29) is 16.4 Å². The van der Waals surface area contributed by atoms with Crippen molar-refractivity contribution in [3.05, 3.63) is 27.9 Å². The highest BCUT2D eigenvalue weighted by Gasteiger charge is 2.15. The van der Waals surface area contributed by atoms with Crippen molar-refractivity contribution in [3.8, 4) is 0 Å². The Morgan fingerprint density at radius 2 is 2.19 bits per heavy atom. The molecule has 0 aliphatic rings. The Morgan fingerprint density at radius 1 is 1.44 bits per heavy atom. The Morgan fingerprint density at radius 3 is 2.88 bits per heavy atom. The number of hydrogen-bond acceptors (Lipinski definition) is 5. The van der Waals surface area contributed by atoms with E-state index in [0.717, 1.165) is 11.3 Å². The average molecular weight is 259 g/mol. The van der Waals surface area contributed by atoms with Crippen molar-refractivity contribution in [1.29, 1.82) is 0 Å². The van der Waals surface area contributed by atoms with Gasteiger partial charge in [-0.2, -0.15) is 8.42 Å². The number of hydrogen-bond donors (Lipinski definition) is 1. The predicted octanol–water partition coefficient (Wildman–Crippen LogP) is 1.31. The maximum Gasteiger partial charge on any atom is 0.305 e. The van der Waals surface area contributed by atoms with E-state index < -0.39 is 10.1 Å². The lowest BCUT2D eigenvalue weighted by atomic mass is 10.3. The Bertz CT molecular complexity index is 668. The molecule has 2 rings (SSSR count). The zero-order valence-electron chi connectivity index (χ0n) is 8.39. The Balaban J connectivity index is 2.59. The molecule has 1 N–H and O–H groups in total. The Hall–Kier alpha value is -1.18. The van der Waals surface area contributed by atoms with Gasteiger partial charge in [0.2, 0.25) is 0 Å². The van der Waals surface area contributed by atoms with Gasteiger partial charge < -0.3 is 4.98 Å². The van der Waals surface area contributed by atoms with Crippen LogP contribution < -0.4 is 4.87 Å². The lowest BCUT2D eigenvalue weighted by Crippen LogP contribution is -2.05. The van der Waals surface area contributed by atoms with E-state index in [0.29, 0.717) is 10.2 Å². The van der Waals surface area contributed by atoms with E-state index >= 15 is 0 Å². The number of H-pyrrole nitrogens is 1. The summed E-state index contributed by atoms with van der Waals surface area (Å²) in [6.07, 6.45) is 0. The van der Waals surface area contributed by atoms with Crippen LogP contribution in [0.4, 0.5) is 0 Å². The minimum atomic E-state index is -3.70. The summed E-state index contributed by atoms with van der Waals surface area (Å²) in [6, 6.07) is 4.40. The number of aromatic amines is 1. The minimum absolute atomic E-state index is 0.0668. The van der Waals surface area contributed by atoms with Gasteiger partial charge in [-0.05, 0) is 25.1 Å². The highest BCUT2D eigenvalue weighted by atomic mass is 32.2. The van der Waals surface area contributed by atoms with Crippen molar-refractivity contribution in [1.82, 2.24) is 4.98 Å². The second-order valence-electron chi connectivity index (χ2n) is 3.03. The molecule has 0 radical (unpaired) electrons. The van der Waals surface area contributed by atoms with Gasteiger partial charge in [-0.25, -0.2) is 0 Å². The van der Waals surface area contributed by atoms with E-state index in [1.165, 1.54) is 12.1 Å². The smallest absolute Gasteiger partial charge is 0.305 e. The summed E-state index contributed by atoms with van der Waals surface area (Å²) < 4.78 is 28.4. The van der Waals surface area contributed by atoms with Crippen LogP contribution in [0.1, 0.15) is 6.92 Å². The first-order valence-corrected chi connectivity index (χ1v) is 6.78. The zero-order valence-corrected chi connectivity index (χ0v) is 10.0. The second-order valence-corrected chi connectivity index (χ2v) is 5.66. The molecule has 1 heterocycles. The Kier molecular flexibility index (Phi) is 2.83.